The predicted molar refractivity (Wildman–Crippen MR) is 72.1 cm³/mol. The third kappa shape index (κ3) is 3.64. The number of likely N-dealkylation sites (tertiary alicyclic amines) is 1. The number of hydrogen-bond acceptors (Lipinski definition) is 4. The second kappa shape index (κ2) is 6.45. The third-order valence-electron chi connectivity index (χ3n) is 3.44. The van der Waals surface area contributed by atoms with Gasteiger partial charge in [0.15, 0.2) is 0 Å². The van der Waals surface area contributed by atoms with Crippen molar-refractivity contribution in [1.29, 1.82) is 0 Å². The summed E-state index contributed by atoms with van der Waals surface area (Å²) in [7, 11) is 1.75. The van der Waals surface area contributed by atoms with Crippen LogP contribution in [-0.4, -0.2) is 48.2 Å². The van der Waals surface area contributed by atoms with Crippen molar-refractivity contribution in [3.8, 4) is 0 Å². The van der Waals surface area contributed by atoms with Gasteiger partial charge in [0.05, 0.1) is 6.61 Å². The van der Waals surface area contributed by atoms with Gasteiger partial charge >= 0.3 is 0 Å². The van der Waals surface area contributed by atoms with Gasteiger partial charge in [-0.15, -0.1) is 0 Å². The van der Waals surface area contributed by atoms with Crippen LogP contribution in [0.5, 0.6) is 0 Å². The lowest BCUT2D eigenvalue weighted by molar-refractivity contribution is 0.130. The van der Waals surface area contributed by atoms with E-state index in [1.54, 1.807) is 7.11 Å². The van der Waals surface area contributed by atoms with E-state index in [0.717, 1.165) is 50.6 Å². The molecule has 0 unspecified atom stereocenters. The van der Waals surface area contributed by atoms with Crippen molar-refractivity contribution < 1.29 is 4.74 Å². The normalized spacial score (nSPS) is 18.2. The van der Waals surface area contributed by atoms with Crippen molar-refractivity contribution >= 4 is 11.6 Å². The summed E-state index contributed by atoms with van der Waals surface area (Å²) >= 11 is 5.99. The van der Waals surface area contributed by atoms with E-state index in [1.165, 1.54) is 0 Å². The monoisotopic (exact) mass is 269 g/mol. The minimum Gasteiger partial charge on any atom is -0.383 e. The number of rotatable bonds is 4. The molecule has 0 aromatic carbocycles. The average molecular weight is 270 g/mol. The minimum atomic E-state index is 0.517. The highest BCUT2D eigenvalue weighted by Crippen LogP contribution is 2.27. The van der Waals surface area contributed by atoms with Crippen LogP contribution in [0.4, 0.5) is 0 Å². The van der Waals surface area contributed by atoms with Gasteiger partial charge in [-0.2, -0.15) is 0 Å². The molecular weight excluding hydrogens is 250 g/mol. The Morgan fingerprint density at radius 2 is 2.11 bits per heavy atom. The second-order valence-electron chi connectivity index (χ2n) is 4.77. The molecule has 1 saturated heterocycles. The number of aryl methyl sites for hydroxylation is 1. The summed E-state index contributed by atoms with van der Waals surface area (Å²) in [4.78, 5) is 11.1. The van der Waals surface area contributed by atoms with Crippen LogP contribution in [0.3, 0.4) is 0 Å². The van der Waals surface area contributed by atoms with Gasteiger partial charge in [-0.1, -0.05) is 11.6 Å². The van der Waals surface area contributed by atoms with Crippen molar-refractivity contribution in [2.75, 3.05) is 33.4 Å². The van der Waals surface area contributed by atoms with E-state index in [0.29, 0.717) is 11.1 Å². The minimum absolute atomic E-state index is 0.517. The van der Waals surface area contributed by atoms with Gasteiger partial charge in [0, 0.05) is 25.3 Å². The number of aromatic nitrogens is 2. The summed E-state index contributed by atoms with van der Waals surface area (Å²) in [5, 5.41) is 0.555. The zero-order chi connectivity index (χ0) is 13.0. The van der Waals surface area contributed by atoms with Crippen molar-refractivity contribution in [2.24, 2.45) is 0 Å². The van der Waals surface area contributed by atoms with E-state index in [4.69, 9.17) is 16.3 Å². The molecule has 1 aromatic rings. The molecule has 1 fully saturated rings. The average Bonchev–Trinajstić information content (AvgIpc) is 2.36. The molecule has 1 aromatic heterocycles. The summed E-state index contributed by atoms with van der Waals surface area (Å²) < 4.78 is 5.11. The third-order valence-corrected chi connectivity index (χ3v) is 3.64. The fourth-order valence-corrected chi connectivity index (χ4v) is 2.67. The predicted octanol–water partition coefficient (Wildman–Crippen LogP) is 2.26. The van der Waals surface area contributed by atoms with Crippen molar-refractivity contribution in [3.05, 3.63) is 22.7 Å². The van der Waals surface area contributed by atoms with Crippen LogP contribution >= 0.6 is 11.6 Å². The molecule has 0 radical (unpaired) electrons. The maximum absolute atomic E-state index is 5.99. The first-order valence-corrected chi connectivity index (χ1v) is 6.79. The Bertz CT molecular complexity index is 372. The van der Waals surface area contributed by atoms with Gasteiger partial charge in [-0.05, 0) is 38.9 Å². The molecule has 0 saturated carbocycles. The highest BCUT2D eigenvalue weighted by atomic mass is 35.5. The van der Waals surface area contributed by atoms with Crippen LogP contribution < -0.4 is 0 Å². The first-order valence-electron chi connectivity index (χ1n) is 6.41. The van der Waals surface area contributed by atoms with E-state index in [1.807, 2.05) is 13.0 Å². The zero-order valence-corrected chi connectivity index (χ0v) is 11.8. The Labute approximate surface area is 113 Å². The van der Waals surface area contributed by atoms with Crippen LogP contribution in [0, 0.1) is 6.92 Å². The Morgan fingerprint density at radius 1 is 1.39 bits per heavy atom. The van der Waals surface area contributed by atoms with E-state index in [9.17, 15) is 0 Å². The quantitative estimate of drug-likeness (QED) is 0.786. The molecule has 2 heterocycles. The molecule has 5 heteroatoms. The number of ether oxygens (including phenoxy) is 1. The topological polar surface area (TPSA) is 38.2 Å². The smallest absolute Gasteiger partial charge is 0.133 e. The zero-order valence-electron chi connectivity index (χ0n) is 11.0. The lowest BCUT2D eigenvalue weighted by atomic mass is 9.93. The highest BCUT2D eigenvalue weighted by molar-refractivity contribution is 6.29. The van der Waals surface area contributed by atoms with Gasteiger partial charge in [-0.3, -0.25) is 0 Å². The van der Waals surface area contributed by atoms with E-state index >= 15 is 0 Å². The van der Waals surface area contributed by atoms with E-state index in [2.05, 4.69) is 14.9 Å². The van der Waals surface area contributed by atoms with Gasteiger partial charge < -0.3 is 9.64 Å². The molecule has 0 amide bonds. The molecule has 0 N–H and O–H groups in total. The molecule has 0 atom stereocenters. The Hall–Kier alpha value is -0.710. The summed E-state index contributed by atoms with van der Waals surface area (Å²) in [6.45, 7) is 5.93. The molecule has 100 valence electrons. The number of hydrogen-bond donors (Lipinski definition) is 0. The molecule has 4 nitrogen and oxygen atoms in total. The molecule has 18 heavy (non-hydrogen) atoms. The molecule has 1 aliphatic heterocycles. The molecule has 1 aliphatic rings. The van der Waals surface area contributed by atoms with Gasteiger partial charge in [0.1, 0.15) is 11.0 Å². The summed E-state index contributed by atoms with van der Waals surface area (Å²) in [6.07, 6.45) is 2.27. The Morgan fingerprint density at radius 3 is 2.72 bits per heavy atom. The SMILES string of the molecule is COCCN1CCC(c2cc(Cl)nc(C)n2)CC1. The fraction of sp³-hybridized carbons (Fsp3) is 0.692. The lowest BCUT2D eigenvalue weighted by Crippen LogP contribution is -2.35. The fourth-order valence-electron chi connectivity index (χ4n) is 2.43. The van der Waals surface area contributed by atoms with Crippen LogP contribution in [0.25, 0.3) is 0 Å². The van der Waals surface area contributed by atoms with E-state index < -0.39 is 0 Å². The van der Waals surface area contributed by atoms with Crippen LogP contribution in [0.2, 0.25) is 5.15 Å². The molecule has 0 spiro atoms. The van der Waals surface area contributed by atoms with Crippen LogP contribution in [0.1, 0.15) is 30.3 Å². The largest absolute Gasteiger partial charge is 0.383 e. The van der Waals surface area contributed by atoms with Gasteiger partial charge in [0.25, 0.3) is 0 Å². The number of halogens is 1. The number of methoxy groups -OCH3 is 1. The molecule has 0 bridgehead atoms. The maximum Gasteiger partial charge on any atom is 0.133 e. The Balaban J connectivity index is 1.92. The lowest BCUT2D eigenvalue weighted by Gasteiger charge is -2.31. The molecule has 0 aliphatic carbocycles. The summed E-state index contributed by atoms with van der Waals surface area (Å²) in [5.74, 6) is 1.28. The van der Waals surface area contributed by atoms with E-state index in [-0.39, 0.29) is 0 Å². The van der Waals surface area contributed by atoms with Crippen molar-refractivity contribution in [2.45, 2.75) is 25.7 Å². The summed E-state index contributed by atoms with van der Waals surface area (Å²) in [6, 6.07) is 1.91. The first kappa shape index (κ1) is 13.7. The van der Waals surface area contributed by atoms with Crippen molar-refractivity contribution in [3.63, 3.8) is 0 Å². The standard InChI is InChI=1S/C13H20ClN3O/c1-10-15-12(9-13(14)16-10)11-3-5-17(6-4-11)7-8-18-2/h9,11H,3-8H2,1-2H3. The number of nitrogens with zero attached hydrogens (tertiary/aromatic N) is 3. The van der Waals surface area contributed by atoms with Crippen LogP contribution in [0.15, 0.2) is 6.07 Å². The number of piperidine rings is 1. The molecule has 2 rings (SSSR count). The van der Waals surface area contributed by atoms with Gasteiger partial charge in [0.2, 0.25) is 0 Å². The van der Waals surface area contributed by atoms with Crippen LogP contribution in [-0.2, 0) is 4.74 Å². The highest BCUT2D eigenvalue weighted by Gasteiger charge is 2.21. The second-order valence-corrected chi connectivity index (χ2v) is 5.16. The first-order chi connectivity index (χ1) is 8.69. The van der Waals surface area contributed by atoms with Gasteiger partial charge in [-0.25, -0.2) is 9.97 Å². The molecular formula is C13H20ClN3O. The maximum atomic E-state index is 5.99. The van der Waals surface area contributed by atoms with Crippen molar-refractivity contribution in [1.82, 2.24) is 14.9 Å². The Kier molecular flexibility index (Phi) is 4.92. The summed E-state index contributed by atoms with van der Waals surface area (Å²) in [5.41, 5.74) is 1.10.